The summed E-state index contributed by atoms with van der Waals surface area (Å²) >= 11 is 6.17. The van der Waals surface area contributed by atoms with Gasteiger partial charge in [0.15, 0.2) is 0 Å². The molecule has 0 heterocycles. The van der Waals surface area contributed by atoms with Gasteiger partial charge in [-0.3, -0.25) is 0 Å². The molecule has 92 valence electrons. The van der Waals surface area contributed by atoms with E-state index < -0.39 is 0 Å². The Kier molecular flexibility index (Phi) is 6.54. The van der Waals surface area contributed by atoms with Crippen molar-refractivity contribution in [1.82, 2.24) is 5.32 Å². The number of nitrogens with one attached hydrogen (secondary N) is 1. The van der Waals surface area contributed by atoms with Gasteiger partial charge < -0.3 is 10.1 Å². The Bertz CT molecular complexity index is 406. The lowest BCUT2D eigenvalue weighted by molar-refractivity contribution is 0.364. The van der Waals surface area contributed by atoms with Gasteiger partial charge in [0.2, 0.25) is 0 Å². The second-order valence-electron chi connectivity index (χ2n) is 3.61. The molecule has 0 aliphatic carbocycles. The van der Waals surface area contributed by atoms with Crippen molar-refractivity contribution in [1.29, 1.82) is 0 Å². The monoisotopic (exact) mass is 251 g/mol. The van der Waals surface area contributed by atoms with Crippen molar-refractivity contribution in [3.63, 3.8) is 0 Å². The highest BCUT2D eigenvalue weighted by molar-refractivity contribution is 6.31. The summed E-state index contributed by atoms with van der Waals surface area (Å²) in [4.78, 5) is 0. The van der Waals surface area contributed by atoms with Crippen LogP contribution >= 0.6 is 11.6 Å². The molecule has 1 rings (SSSR count). The maximum Gasteiger partial charge on any atom is 0.149 e. The highest BCUT2D eigenvalue weighted by Crippen LogP contribution is 2.26. The molecule has 0 radical (unpaired) electrons. The Morgan fingerprint density at radius 2 is 2.24 bits per heavy atom. The van der Waals surface area contributed by atoms with E-state index in [9.17, 15) is 0 Å². The number of ether oxygens (including phenoxy) is 1. The highest BCUT2D eigenvalue weighted by Gasteiger charge is 2.07. The molecule has 17 heavy (non-hydrogen) atoms. The molecule has 0 aliphatic heterocycles. The predicted molar refractivity (Wildman–Crippen MR) is 72.4 cm³/mol. The van der Waals surface area contributed by atoms with Crippen LogP contribution in [0.25, 0.3) is 0 Å². The van der Waals surface area contributed by atoms with Crippen molar-refractivity contribution in [3.8, 4) is 17.6 Å². The van der Waals surface area contributed by atoms with Crippen molar-refractivity contribution < 1.29 is 4.74 Å². The minimum atomic E-state index is 0.400. The van der Waals surface area contributed by atoms with E-state index in [4.69, 9.17) is 16.3 Å². The molecule has 0 saturated carbocycles. The van der Waals surface area contributed by atoms with Crippen molar-refractivity contribution in [2.24, 2.45) is 0 Å². The Morgan fingerprint density at radius 1 is 1.41 bits per heavy atom. The Hall–Kier alpha value is -1.17. The van der Waals surface area contributed by atoms with E-state index in [1.807, 2.05) is 18.2 Å². The van der Waals surface area contributed by atoms with Gasteiger partial charge >= 0.3 is 0 Å². The van der Waals surface area contributed by atoms with Gasteiger partial charge in [-0.05, 0) is 32.0 Å². The summed E-state index contributed by atoms with van der Waals surface area (Å²) in [6.07, 6.45) is 1.10. The third-order valence-corrected chi connectivity index (χ3v) is 2.64. The lowest BCUT2D eigenvalue weighted by Gasteiger charge is -2.12. The minimum Gasteiger partial charge on any atom is -0.481 e. The summed E-state index contributed by atoms with van der Waals surface area (Å²) in [6.45, 7) is 6.03. The van der Waals surface area contributed by atoms with Crippen LogP contribution in [-0.4, -0.2) is 13.2 Å². The predicted octanol–water partition coefficient (Wildman–Crippen LogP) is 3.24. The summed E-state index contributed by atoms with van der Waals surface area (Å²) in [7, 11) is 0. The molecule has 0 fully saturated rings. The number of benzene rings is 1. The second-order valence-corrected chi connectivity index (χ2v) is 4.02. The third kappa shape index (κ3) is 4.68. The minimum absolute atomic E-state index is 0.400. The van der Waals surface area contributed by atoms with E-state index in [0.717, 1.165) is 35.8 Å². The molecule has 0 aliphatic rings. The second kappa shape index (κ2) is 8.00. The molecular formula is C14H18ClNO. The van der Waals surface area contributed by atoms with Crippen LogP contribution in [0.4, 0.5) is 0 Å². The van der Waals surface area contributed by atoms with Gasteiger partial charge in [-0.2, -0.15) is 0 Å². The van der Waals surface area contributed by atoms with Crippen LogP contribution < -0.4 is 10.1 Å². The smallest absolute Gasteiger partial charge is 0.149 e. The molecule has 0 unspecified atom stereocenters. The molecule has 0 amide bonds. The SMILES string of the molecule is CC#CCOc1cccc(Cl)c1CNCCC. The largest absolute Gasteiger partial charge is 0.481 e. The average molecular weight is 252 g/mol. The zero-order valence-corrected chi connectivity index (χ0v) is 11.1. The topological polar surface area (TPSA) is 21.3 Å². The molecule has 1 aromatic carbocycles. The first-order chi connectivity index (χ1) is 8.29. The van der Waals surface area contributed by atoms with Crippen LogP contribution in [-0.2, 0) is 6.54 Å². The van der Waals surface area contributed by atoms with E-state index in [2.05, 4.69) is 24.1 Å². The van der Waals surface area contributed by atoms with Crippen LogP contribution in [0.5, 0.6) is 5.75 Å². The van der Waals surface area contributed by atoms with Crippen LogP contribution in [0.1, 0.15) is 25.8 Å². The lowest BCUT2D eigenvalue weighted by Crippen LogP contribution is -2.15. The van der Waals surface area contributed by atoms with Crippen molar-refractivity contribution in [2.45, 2.75) is 26.8 Å². The van der Waals surface area contributed by atoms with Crippen LogP contribution in [0, 0.1) is 11.8 Å². The van der Waals surface area contributed by atoms with Crippen molar-refractivity contribution in [3.05, 3.63) is 28.8 Å². The number of rotatable bonds is 6. The molecule has 1 N–H and O–H groups in total. The lowest BCUT2D eigenvalue weighted by atomic mass is 10.2. The van der Waals surface area contributed by atoms with Crippen LogP contribution in [0.3, 0.4) is 0 Å². The Morgan fingerprint density at radius 3 is 2.94 bits per heavy atom. The molecular weight excluding hydrogens is 234 g/mol. The zero-order chi connectivity index (χ0) is 12.5. The van der Waals surface area contributed by atoms with Gasteiger partial charge in [0.05, 0.1) is 0 Å². The highest BCUT2D eigenvalue weighted by atomic mass is 35.5. The quantitative estimate of drug-likeness (QED) is 0.619. The maximum atomic E-state index is 6.17. The summed E-state index contributed by atoms with van der Waals surface area (Å²) in [5.41, 5.74) is 1.00. The van der Waals surface area contributed by atoms with Crippen LogP contribution in [0.2, 0.25) is 5.02 Å². The van der Waals surface area contributed by atoms with Gasteiger partial charge in [-0.25, -0.2) is 0 Å². The Balaban J connectivity index is 2.71. The molecule has 0 aromatic heterocycles. The summed E-state index contributed by atoms with van der Waals surface area (Å²) in [5.74, 6) is 6.48. The van der Waals surface area contributed by atoms with Crippen molar-refractivity contribution in [2.75, 3.05) is 13.2 Å². The first-order valence-corrected chi connectivity index (χ1v) is 6.18. The molecule has 1 aromatic rings. The Labute approximate surface area is 108 Å². The fourth-order valence-electron chi connectivity index (χ4n) is 1.42. The van der Waals surface area contributed by atoms with Gasteiger partial charge in [0.25, 0.3) is 0 Å². The molecule has 0 atom stereocenters. The van der Waals surface area contributed by atoms with Gasteiger partial charge in [-0.15, -0.1) is 5.92 Å². The molecule has 3 heteroatoms. The standard InChI is InChI=1S/C14H18ClNO/c1-3-5-10-17-14-8-6-7-13(15)12(14)11-16-9-4-2/h6-8,16H,4,9-11H2,1-2H3. The fraction of sp³-hybridized carbons (Fsp3) is 0.429. The van der Waals surface area contributed by atoms with Gasteiger partial charge in [-0.1, -0.05) is 30.5 Å². The normalized spacial score (nSPS) is 9.59. The number of hydrogen-bond donors (Lipinski definition) is 1. The van der Waals surface area contributed by atoms with E-state index in [0.29, 0.717) is 6.61 Å². The molecule has 2 nitrogen and oxygen atoms in total. The van der Waals surface area contributed by atoms with E-state index in [-0.39, 0.29) is 0 Å². The van der Waals surface area contributed by atoms with E-state index in [1.165, 1.54) is 0 Å². The van der Waals surface area contributed by atoms with Gasteiger partial charge in [0.1, 0.15) is 12.4 Å². The molecule has 0 bridgehead atoms. The summed E-state index contributed by atoms with van der Waals surface area (Å²) in [6, 6.07) is 5.69. The first kappa shape index (κ1) is 13.9. The first-order valence-electron chi connectivity index (χ1n) is 5.80. The maximum absolute atomic E-state index is 6.17. The van der Waals surface area contributed by atoms with Gasteiger partial charge in [0, 0.05) is 17.1 Å². The van der Waals surface area contributed by atoms with Crippen molar-refractivity contribution >= 4 is 11.6 Å². The average Bonchev–Trinajstić information content (AvgIpc) is 2.33. The summed E-state index contributed by atoms with van der Waals surface area (Å²) < 4.78 is 5.59. The van der Waals surface area contributed by atoms with Crippen LogP contribution in [0.15, 0.2) is 18.2 Å². The number of hydrogen-bond acceptors (Lipinski definition) is 2. The molecule has 0 saturated heterocycles. The van der Waals surface area contributed by atoms with E-state index >= 15 is 0 Å². The molecule has 0 spiro atoms. The third-order valence-electron chi connectivity index (χ3n) is 2.28. The number of halogens is 1. The summed E-state index contributed by atoms with van der Waals surface area (Å²) in [5, 5.41) is 4.05. The zero-order valence-electron chi connectivity index (χ0n) is 10.3. The van der Waals surface area contributed by atoms with E-state index in [1.54, 1.807) is 6.92 Å². The fourth-order valence-corrected chi connectivity index (χ4v) is 1.65.